The highest BCUT2D eigenvalue weighted by Gasteiger charge is 2.45. The van der Waals surface area contributed by atoms with Crippen LogP contribution in [0, 0.1) is 0 Å². The quantitative estimate of drug-likeness (QED) is 0.144. The molecule has 0 amide bonds. The van der Waals surface area contributed by atoms with Crippen LogP contribution in [0.1, 0.15) is 252 Å². The van der Waals surface area contributed by atoms with Gasteiger partial charge in [-0.25, -0.2) is 0 Å². The summed E-state index contributed by atoms with van der Waals surface area (Å²) in [5.41, 5.74) is -0.214. The molecule has 5 aliphatic rings. The minimum absolute atomic E-state index is 0.0223. The number of fused-ring (bicyclic) bond motifs is 4. The van der Waals surface area contributed by atoms with Crippen molar-refractivity contribution >= 4 is 29.7 Å². The van der Waals surface area contributed by atoms with E-state index in [0.717, 1.165) is 171 Å². The molecular formula is C61H113N15. The van der Waals surface area contributed by atoms with E-state index in [9.17, 15) is 0 Å². The van der Waals surface area contributed by atoms with Gasteiger partial charge < -0.3 is 46.2 Å². The lowest BCUT2D eigenvalue weighted by atomic mass is 9.79. The van der Waals surface area contributed by atoms with Crippen molar-refractivity contribution in [3.05, 3.63) is 5.82 Å². The molecule has 4 saturated heterocycles. The van der Waals surface area contributed by atoms with Crippen LogP contribution >= 0.6 is 0 Å². The third-order valence-electron chi connectivity index (χ3n) is 17.3. The number of hydrogen-bond acceptors (Lipinski definition) is 15. The maximum absolute atomic E-state index is 5.73. The average molecular weight is 1060 g/mol. The van der Waals surface area contributed by atoms with E-state index in [1.807, 2.05) is 7.05 Å². The molecule has 0 saturated carbocycles. The van der Waals surface area contributed by atoms with Gasteiger partial charge in [0.25, 0.3) is 0 Å². The second-order valence-electron chi connectivity index (χ2n) is 30.1. The molecule has 0 unspecified atom stereocenters. The van der Waals surface area contributed by atoms with Gasteiger partial charge in [-0.15, -0.1) is 0 Å². The molecule has 76 heavy (non-hydrogen) atoms. The molecule has 4 fully saturated rings. The highest BCUT2D eigenvalue weighted by molar-refractivity contribution is 5.47. The summed E-state index contributed by atoms with van der Waals surface area (Å²) >= 11 is 0. The summed E-state index contributed by atoms with van der Waals surface area (Å²) in [4.78, 5) is 43.5. The smallest absolute Gasteiger partial charge is 0.232 e. The van der Waals surface area contributed by atoms with Gasteiger partial charge in [0.1, 0.15) is 5.82 Å². The highest BCUT2D eigenvalue weighted by Crippen LogP contribution is 2.39. The average Bonchev–Trinajstić information content (AvgIpc) is 3.25. The predicted octanol–water partition coefficient (Wildman–Crippen LogP) is 11.5. The van der Waals surface area contributed by atoms with Gasteiger partial charge in [-0.2, -0.15) is 29.9 Å². The number of hydrogen-bond donors (Lipinski definition) is 5. The van der Waals surface area contributed by atoms with E-state index in [0.29, 0.717) is 18.0 Å². The minimum atomic E-state index is -0.0312. The zero-order valence-corrected chi connectivity index (χ0v) is 52.0. The highest BCUT2D eigenvalue weighted by atomic mass is 15.4. The monoisotopic (exact) mass is 1060 g/mol. The second-order valence-corrected chi connectivity index (χ2v) is 30.1. The summed E-state index contributed by atoms with van der Waals surface area (Å²) in [5, 5.41) is 19.4. The molecule has 0 aliphatic carbocycles. The predicted molar refractivity (Wildman–Crippen MR) is 321 cm³/mol. The molecular weight excluding hydrogens is 943 g/mol. The van der Waals surface area contributed by atoms with Gasteiger partial charge in [-0.3, -0.25) is 0 Å². The lowest BCUT2D eigenvalue weighted by Gasteiger charge is -2.50. The molecule has 15 heteroatoms. The second kappa shape index (κ2) is 23.9. The molecule has 4 bridgehead atoms. The van der Waals surface area contributed by atoms with Crippen molar-refractivity contribution in [1.29, 1.82) is 0 Å². The van der Waals surface area contributed by atoms with Crippen LogP contribution < -0.4 is 46.2 Å². The number of nitrogens with one attached hydrogen (secondary N) is 5. The van der Waals surface area contributed by atoms with E-state index in [1.54, 1.807) is 0 Å². The Balaban J connectivity index is 1.30. The summed E-state index contributed by atoms with van der Waals surface area (Å²) in [6.45, 7) is 44.0. The molecule has 432 valence electrons. The Morgan fingerprint density at radius 3 is 0.882 bits per heavy atom. The maximum Gasteiger partial charge on any atom is 0.232 e. The molecule has 15 nitrogen and oxygen atoms in total. The molecule has 5 aliphatic heterocycles. The Hall–Kier alpha value is -3.14. The molecule has 0 radical (unpaired) electrons. The molecule has 2 aromatic rings. The van der Waals surface area contributed by atoms with Crippen LogP contribution in [0.25, 0.3) is 0 Å². The van der Waals surface area contributed by atoms with Crippen LogP contribution in [0.5, 0.6) is 0 Å². The topological polar surface area (TPSA) is 150 Å². The number of aryl methyl sites for hydroxylation is 1. The van der Waals surface area contributed by atoms with Crippen molar-refractivity contribution in [3.8, 4) is 0 Å². The number of piperidine rings is 4. The zero-order valence-electron chi connectivity index (χ0n) is 52.0. The first-order chi connectivity index (χ1) is 35.4. The molecule has 0 aromatic carbocycles. The summed E-state index contributed by atoms with van der Waals surface area (Å²) in [6, 6.07) is 1.15. The van der Waals surface area contributed by atoms with Crippen molar-refractivity contribution < 1.29 is 0 Å². The lowest BCUT2D eigenvalue weighted by Crippen LogP contribution is -2.63. The fourth-order valence-electron chi connectivity index (χ4n) is 15.8. The standard InChI is InChI=1S/C61H113N15/c1-19-20-21-26-31-48-63-50-67-51(64-48)74(45-38-56(6,7)70-57(8,9)39-45)33-28-23-25-30-35-76(47-42-60(14,15)72-61(16,17)43-47)53-66-49(62-18)65-52(68-53)75(46-40-58(10,11)71-59(12,13)41-46)34-29-24-22-27-32-73(50)44-36-54(2,3)69-55(4,5)37-44/h44-47,69-72H,19-43H2,1-18H3,(H,62,65,66,68). The summed E-state index contributed by atoms with van der Waals surface area (Å²) < 4.78 is 0. The molecule has 0 spiro atoms. The van der Waals surface area contributed by atoms with Gasteiger partial charge in [0.2, 0.25) is 29.7 Å². The van der Waals surface area contributed by atoms with Crippen molar-refractivity contribution in [1.82, 2.24) is 51.2 Å². The van der Waals surface area contributed by atoms with Gasteiger partial charge in [0.05, 0.1) is 0 Å². The van der Waals surface area contributed by atoms with Gasteiger partial charge in [-0.05, 0) is 194 Å². The largest absolute Gasteiger partial charge is 0.357 e. The van der Waals surface area contributed by atoms with Crippen molar-refractivity contribution in [2.75, 3.05) is 58.1 Å². The zero-order chi connectivity index (χ0) is 55.5. The number of rotatable bonds is 10. The molecule has 0 atom stereocenters. The van der Waals surface area contributed by atoms with Crippen molar-refractivity contribution in [2.24, 2.45) is 0 Å². The van der Waals surface area contributed by atoms with Crippen LogP contribution in [0.15, 0.2) is 0 Å². The fraction of sp³-hybridized carbons (Fsp3) is 0.902. The number of aromatic nitrogens is 6. The first-order valence-corrected chi connectivity index (χ1v) is 30.8. The van der Waals surface area contributed by atoms with Crippen LogP contribution in [0.3, 0.4) is 0 Å². The van der Waals surface area contributed by atoms with Gasteiger partial charge in [-0.1, -0.05) is 51.9 Å². The van der Waals surface area contributed by atoms with E-state index in [4.69, 9.17) is 29.9 Å². The number of unbranched alkanes of at least 4 members (excludes halogenated alkanes) is 3. The molecule has 7 heterocycles. The Morgan fingerprint density at radius 2 is 0.632 bits per heavy atom. The van der Waals surface area contributed by atoms with Crippen LogP contribution in [0.2, 0.25) is 0 Å². The Kier molecular flexibility index (Phi) is 19.0. The fourth-order valence-corrected chi connectivity index (χ4v) is 15.8. The Bertz CT molecular complexity index is 1980. The van der Waals surface area contributed by atoms with Crippen molar-refractivity contribution in [3.63, 3.8) is 0 Å². The number of anilines is 5. The van der Waals surface area contributed by atoms with Gasteiger partial charge in [0.15, 0.2) is 0 Å². The van der Waals surface area contributed by atoms with Gasteiger partial charge in [0, 0.05) is 108 Å². The normalized spacial score (nSPS) is 26.1. The molecule has 5 N–H and O–H groups in total. The van der Waals surface area contributed by atoms with E-state index >= 15 is 0 Å². The SMILES string of the molecule is CCCCCCc1nc2nc(n1)N(C1CC(C)(C)NC(C)(C)C1)CCCCCCN(C1CC(C)(C)NC(C)(C)C1)c1nc(NC)nc(n1)N(C1CC(C)(C)NC(C)(C)C1)CCCCCCN2C1CC(C)(C)NC(C)(C)C1. The van der Waals surface area contributed by atoms with E-state index < -0.39 is 0 Å². The minimum Gasteiger partial charge on any atom is -0.357 e. The lowest BCUT2D eigenvalue weighted by molar-refractivity contribution is 0.155. The van der Waals surface area contributed by atoms with Crippen LogP contribution in [0.4, 0.5) is 29.7 Å². The number of nitrogens with zero attached hydrogens (tertiary/aromatic N) is 10. The Labute approximate surface area is 464 Å². The third-order valence-corrected chi connectivity index (χ3v) is 17.3. The van der Waals surface area contributed by atoms with Gasteiger partial charge >= 0.3 is 0 Å². The third kappa shape index (κ3) is 16.9. The van der Waals surface area contributed by atoms with E-state index in [-0.39, 0.29) is 56.4 Å². The Morgan fingerprint density at radius 1 is 0.368 bits per heavy atom. The maximum atomic E-state index is 5.73. The molecule has 2 aromatic heterocycles. The molecule has 7 rings (SSSR count). The first-order valence-electron chi connectivity index (χ1n) is 30.8. The first kappa shape index (κ1) is 60.5. The summed E-state index contributed by atoms with van der Waals surface area (Å²) in [5.74, 6) is 5.04. The van der Waals surface area contributed by atoms with Crippen molar-refractivity contribution in [2.45, 2.75) is 321 Å². The summed E-state index contributed by atoms with van der Waals surface area (Å²) in [7, 11) is 1.97. The van der Waals surface area contributed by atoms with E-state index in [2.05, 4.69) is 164 Å². The van der Waals surface area contributed by atoms with Crippen LogP contribution in [-0.2, 0) is 6.42 Å². The summed E-state index contributed by atoms with van der Waals surface area (Å²) in [6.07, 6.45) is 22.6. The van der Waals surface area contributed by atoms with Crippen LogP contribution in [-0.4, -0.2) is 132 Å². The van der Waals surface area contributed by atoms with E-state index in [1.165, 1.54) is 19.3 Å².